The van der Waals surface area contributed by atoms with Gasteiger partial charge in [-0.15, -0.1) is 0 Å². The van der Waals surface area contributed by atoms with Crippen LogP contribution in [0.3, 0.4) is 0 Å². The summed E-state index contributed by atoms with van der Waals surface area (Å²) in [6, 6.07) is 1.55. The first kappa shape index (κ1) is 16.3. The number of benzene rings is 1. The van der Waals surface area contributed by atoms with Gasteiger partial charge in [0.2, 0.25) is 0 Å². The summed E-state index contributed by atoms with van der Waals surface area (Å²) < 4.78 is 81.7. The summed E-state index contributed by atoms with van der Waals surface area (Å²) in [6.45, 7) is 1.29. The Morgan fingerprint density at radius 1 is 1.05 bits per heavy atom. The number of hydrogen-bond acceptors (Lipinski definition) is 2. The number of hydrogen-bond donors (Lipinski definition) is 0. The van der Waals surface area contributed by atoms with E-state index in [1.165, 1.54) is 6.92 Å². The molecule has 1 aromatic carbocycles. The number of rotatable bonds is 2. The van der Waals surface area contributed by atoms with Crippen molar-refractivity contribution in [2.45, 2.75) is 25.7 Å². The second kappa shape index (κ2) is 5.34. The van der Waals surface area contributed by atoms with E-state index in [4.69, 9.17) is 0 Å². The zero-order valence-corrected chi connectivity index (χ0v) is 10.4. The van der Waals surface area contributed by atoms with Gasteiger partial charge in [-0.1, -0.05) is 13.0 Å². The molecule has 0 bridgehead atoms. The predicted octanol–water partition coefficient (Wildman–Crippen LogP) is 4.07. The number of alkyl halides is 6. The molecule has 0 radical (unpaired) electrons. The van der Waals surface area contributed by atoms with E-state index in [1.54, 1.807) is 0 Å². The van der Waals surface area contributed by atoms with Crippen molar-refractivity contribution in [3.63, 3.8) is 0 Å². The molecule has 0 N–H and O–H groups in total. The molecule has 0 unspecified atom stereocenters. The summed E-state index contributed by atoms with van der Waals surface area (Å²) in [5, 5.41) is 0. The van der Waals surface area contributed by atoms with Crippen molar-refractivity contribution in [2.24, 2.45) is 0 Å². The lowest BCUT2D eigenvalue weighted by Gasteiger charge is -2.21. The fourth-order valence-electron chi connectivity index (χ4n) is 1.84. The van der Waals surface area contributed by atoms with Crippen molar-refractivity contribution in [1.82, 2.24) is 0 Å². The minimum Gasteiger partial charge on any atom is -0.465 e. The maximum Gasteiger partial charge on any atom is 0.417 e. The molecule has 0 fully saturated rings. The number of methoxy groups -OCH3 is 1. The molecule has 20 heavy (non-hydrogen) atoms. The van der Waals surface area contributed by atoms with Crippen LogP contribution in [0, 0.1) is 0 Å². The molecule has 1 rings (SSSR count). The Hall–Kier alpha value is -1.73. The monoisotopic (exact) mass is 300 g/mol. The van der Waals surface area contributed by atoms with Gasteiger partial charge in [0.1, 0.15) is 0 Å². The zero-order chi connectivity index (χ0) is 15.7. The highest BCUT2D eigenvalue weighted by molar-refractivity contribution is 5.92. The highest BCUT2D eigenvalue weighted by Gasteiger charge is 2.47. The van der Waals surface area contributed by atoms with Crippen molar-refractivity contribution < 1.29 is 35.9 Å². The van der Waals surface area contributed by atoms with Crippen LogP contribution in [0.4, 0.5) is 26.3 Å². The topological polar surface area (TPSA) is 26.3 Å². The van der Waals surface area contributed by atoms with Gasteiger partial charge in [-0.05, 0) is 18.1 Å². The standard InChI is InChI=1S/C12H10F6O2/c1-3-6-4-5-7(10(19)20-2)9(12(16,17)18)8(6)11(13,14)15/h4-5H,3H2,1-2H3. The first-order chi connectivity index (χ1) is 9.04. The molecule has 0 amide bonds. The molecule has 2 nitrogen and oxygen atoms in total. The van der Waals surface area contributed by atoms with Crippen LogP contribution in [-0.2, 0) is 23.5 Å². The highest BCUT2D eigenvalue weighted by atomic mass is 19.4. The molecule has 0 aliphatic rings. The number of aryl methyl sites for hydroxylation is 1. The van der Waals surface area contributed by atoms with E-state index in [0.29, 0.717) is 6.07 Å². The number of ether oxygens (including phenoxy) is 1. The molecule has 0 saturated carbocycles. The Labute approximate surface area is 110 Å². The van der Waals surface area contributed by atoms with Crippen LogP contribution < -0.4 is 0 Å². The van der Waals surface area contributed by atoms with Crippen molar-refractivity contribution in [2.75, 3.05) is 7.11 Å². The van der Waals surface area contributed by atoms with Gasteiger partial charge >= 0.3 is 18.3 Å². The third kappa shape index (κ3) is 3.05. The van der Waals surface area contributed by atoms with E-state index in [9.17, 15) is 31.1 Å². The predicted molar refractivity (Wildman–Crippen MR) is 57.2 cm³/mol. The van der Waals surface area contributed by atoms with Gasteiger partial charge in [-0.3, -0.25) is 0 Å². The minimum atomic E-state index is -5.32. The second-order valence-corrected chi connectivity index (χ2v) is 3.86. The molecular weight excluding hydrogens is 290 g/mol. The lowest BCUT2D eigenvalue weighted by Crippen LogP contribution is -2.23. The first-order valence-corrected chi connectivity index (χ1v) is 5.42. The molecule has 0 spiro atoms. The Morgan fingerprint density at radius 2 is 1.55 bits per heavy atom. The van der Waals surface area contributed by atoms with E-state index in [1.807, 2.05) is 0 Å². The van der Waals surface area contributed by atoms with Crippen LogP contribution in [-0.4, -0.2) is 13.1 Å². The van der Waals surface area contributed by atoms with Crippen LogP contribution in [0.25, 0.3) is 0 Å². The largest absolute Gasteiger partial charge is 0.465 e. The summed E-state index contributed by atoms with van der Waals surface area (Å²) in [7, 11) is 0.795. The van der Waals surface area contributed by atoms with E-state index in [2.05, 4.69) is 4.74 Å². The quantitative estimate of drug-likeness (QED) is 0.608. The van der Waals surface area contributed by atoms with Gasteiger partial charge < -0.3 is 4.74 Å². The summed E-state index contributed by atoms with van der Waals surface area (Å²) in [5.74, 6) is -1.47. The van der Waals surface area contributed by atoms with Crippen molar-refractivity contribution in [3.8, 4) is 0 Å². The SMILES string of the molecule is CCc1ccc(C(=O)OC)c(C(F)(F)F)c1C(F)(F)F. The molecule has 1 aromatic rings. The average molecular weight is 300 g/mol. The summed E-state index contributed by atoms with van der Waals surface area (Å²) >= 11 is 0. The summed E-state index contributed by atoms with van der Waals surface area (Å²) in [4.78, 5) is 11.3. The molecule has 0 atom stereocenters. The van der Waals surface area contributed by atoms with Crippen LogP contribution in [0.5, 0.6) is 0 Å². The molecule has 0 heterocycles. The van der Waals surface area contributed by atoms with Crippen molar-refractivity contribution in [1.29, 1.82) is 0 Å². The van der Waals surface area contributed by atoms with Gasteiger partial charge in [-0.2, -0.15) is 26.3 Å². The molecular formula is C12H10F6O2. The number of carbonyl (C=O) groups is 1. The van der Waals surface area contributed by atoms with Gasteiger partial charge in [0, 0.05) is 0 Å². The van der Waals surface area contributed by atoms with Gasteiger partial charge in [0.15, 0.2) is 0 Å². The van der Waals surface area contributed by atoms with Crippen LogP contribution in [0.1, 0.15) is 34.0 Å². The fourth-order valence-corrected chi connectivity index (χ4v) is 1.84. The first-order valence-electron chi connectivity index (χ1n) is 5.42. The Kier molecular flexibility index (Phi) is 4.36. The third-order valence-corrected chi connectivity index (χ3v) is 2.64. The second-order valence-electron chi connectivity index (χ2n) is 3.86. The molecule has 0 saturated heterocycles. The third-order valence-electron chi connectivity index (χ3n) is 2.64. The fraction of sp³-hybridized carbons (Fsp3) is 0.417. The minimum absolute atomic E-state index is 0.251. The summed E-state index contributed by atoms with van der Waals surface area (Å²) in [6.07, 6.45) is -10.8. The van der Waals surface area contributed by atoms with E-state index >= 15 is 0 Å². The van der Waals surface area contributed by atoms with Crippen molar-refractivity contribution in [3.05, 3.63) is 34.4 Å². The zero-order valence-electron chi connectivity index (χ0n) is 10.4. The normalized spacial score (nSPS) is 12.4. The van der Waals surface area contributed by atoms with Gasteiger partial charge in [-0.25, -0.2) is 4.79 Å². The Morgan fingerprint density at radius 3 is 1.90 bits per heavy atom. The molecule has 8 heteroatoms. The van der Waals surface area contributed by atoms with Crippen LogP contribution >= 0.6 is 0 Å². The van der Waals surface area contributed by atoms with Crippen LogP contribution in [0.2, 0.25) is 0 Å². The Bertz CT molecular complexity index is 516. The maximum atomic E-state index is 12.9. The smallest absolute Gasteiger partial charge is 0.417 e. The molecule has 0 aromatic heterocycles. The number of halogens is 6. The highest BCUT2D eigenvalue weighted by Crippen LogP contribution is 2.44. The van der Waals surface area contributed by atoms with E-state index in [-0.39, 0.29) is 6.42 Å². The maximum absolute atomic E-state index is 12.9. The number of carbonyl (C=O) groups excluding carboxylic acids is 1. The average Bonchev–Trinajstić information content (AvgIpc) is 2.33. The number of esters is 1. The van der Waals surface area contributed by atoms with Crippen molar-refractivity contribution >= 4 is 5.97 Å². The lowest BCUT2D eigenvalue weighted by atomic mass is 9.93. The van der Waals surface area contributed by atoms with Gasteiger partial charge in [0.05, 0.1) is 23.8 Å². The molecule has 0 aliphatic heterocycles. The van der Waals surface area contributed by atoms with Crippen LogP contribution in [0.15, 0.2) is 12.1 Å². The van der Waals surface area contributed by atoms with Gasteiger partial charge in [0.25, 0.3) is 0 Å². The van der Waals surface area contributed by atoms with E-state index in [0.717, 1.165) is 13.2 Å². The summed E-state index contributed by atoms with van der Waals surface area (Å²) in [5.41, 5.74) is -5.52. The molecule has 112 valence electrons. The molecule has 0 aliphatic carbocycles. The van der Waals surface area contributed by atoms with E-state index < -0.39 is 40.6 Å². The Balaban J connectivity index is 3.81. The lowest BCUT2D eigenvalue weighted by molar-refractivity contribution is -0.162.